The van der Waals surface area contributed by atoms with Crippen molar-refractivity contribution in [1.29, 1.82) is 0 Å². The van der Waals surface area contributed by atoms with Crippen LogP contribution in [0.15, 0.2) is 35.3 Å². The number of rotatable bonds is 6. The zero-order valence-corrected chi connectivity index (χ0v) is 14.0. The molecule has 0 atom stereocenters. The summed E-state index contributed by atoms with van der Waals surface area (Å²) in [5.41, 5.74) is 0.813. The van der Waals surface area contributed by atoms with Crippen molar-refractivity contribution >= 4 is 17.5 Å². The van der Waals surface area contributed by atoms with Gasteiger partial charge in [-0.1, -0.05) is 25.4 Å². The van der Waals surface area contributed by atoms with E-state index in [0.717, 1.165) is 12.0 Å². The number of amides is 1. The molecule has 0 aliphatic heterocycles. The van der Waals surface area contributed by atoms with Gasteiger partial charge >= 0.3 is 0 Å². The number of carbonyl (C=O) groups excluding carboxylic acids is 1. The van der Waals surface area contributed by atoms with Gasteiger partial charge in [-0.25, -0.2) is 4.98 Å². The Bertz CT molecular complexity index is 723. The molecular weight excluding hydrogens is 314 g/mol. The standard InChI is InChI=1S/C17H20ClN3O2/c1-11(2)7-8-19-15(22)9-13-10-20-16(21-17(13)23)12-3-5-14(18)6-4-12/h3-6,10-11H,7-9H2,1-2H3,(H,19,22)(H,20,21,23). The summed E-state index contributed by atoms with van der Waals surface area (Å²) in [5, 5.41) is 3.42. The topological polar surface area (TPSA) is 74.8 Å². The van der Waals surface area contributed by atoms with E-state index in [0.29, 0.717) is 28.9 Å². The van der Waals surface area contributed by atoms with Gasteiger partial charge in [-0.2, -0.15) is 0 Å². The summed E-state index contributed by atoms with van der Waals surface area (Å²) in [6, 6.07) is 7.01. The van der Waals surface area contributed by atoms with E-state index in [1.54, 1.807) is 24.3 Å². The van der Waals surface area contributed by atoms with Crippen LogP contribution in [0, 0.1) is 5.92 Å². The number of aromatic amines is 1. The molecule has 5 nitrogen and oxygen atoms in total. The number of carbonyl (C=O) groups is 1. The van der Waals surface area contributed by atoms with E-state index in [2.05, 4.69) is 29.1 Å². The van der Waals surface area contributed by atoms with Crippen LogP contribution >= 0.6 is 11.6 Å². The van der Waals surface area contributed by atoms with Crippen LogP contribution in [0.25, 0.3) is 11.4 Å². The third-order valence-electron chi connectivity index (χ3n) is 3.39. The van der Waals surface area contributed by atoms with Crippen LogP contribution in [-0.2, 0) is 11.2 Å². The summed E-state index contributed by atoms with van der Waals surface area (Å²) in [4.78, 5) is 30.9. The van der Waals surface area contributed by atoms with Gasteiger partial charge in [0.25, 0.3) is 5.56 Å². The van der Waals surface area contributed by atoms with Gasteiger partial charge in [-0.05, 0) is 36.6 Å². The van der Waals surface area contributed by atoms with Gasteiger partial charge in [0.15, 0.2) is 0 Å². The normalized spacial score (nSPS) is 10.8. The SMILES string of the molecule is CC(C)CCNC(=O)Cc1cnc(-c2ccc(Cl)cc2)[nH]c1=O. The Morgan fingerprint density at radius 3 is 2.61 bits per heavy atom. The van der Waals surface area contributed by atoms with Crippen LogP contribution in [0.3, 0.4) is 0 Å². The third-order valence-corrected chi connectivity index (χ3v) is 3.64. The molecule has 0 saturated carbocycles. The molecule has 0 spiro atoms. The minimum Gasteiger partial charge on any atom is -0.356 e. The summed E-state index contributed by atoms with van der Waals surface area (Å²) in [6.07, 6.45) is 2.39. The Labute approximate surface area is 140 Å². The van der Waals surface area contributed by atoms with Gasteiger partial charge in [0.2, 0.25) is 5.91 Å². The molecule has 0 aliphatic rings. The molecule has 23 heavy (non-hydrogen) atoms. The van der Waals surface area contributed by atoms with E-state index in [1.165, 1.54) is 6.20 Å². The van der Waals surface area contributed by atoms with Gasteiger partial charge < -0.3 is 10.3 Å². The highest BCUT2D eigenvalue weighted by Crippen LogP contribution is 2.16. The maximum absolute atomic E-state index is 12.1. The van der Waals surface area contributed by atoms with Crippen LogP contribution in [0.4, 0.5) is 0 Å². The highest BCUT2D eigenvalue weighted by Gasteiger charge is 2.09. The average molecular weight is 334 g/mol. The van der Waals surface area contributed by atoms with E-state index in [4.69, 9.17) is 11.6 Å². The molecule has 0 radical (unpaired) electrons. The molecule has 1 aromatic heterocycles. The Morgan fingerprint density at radius 2 is 2.00 bits per heavy atom. The number of H-pyrrole nitrogens is 1. The predicted molar refractivity (Wildman–Crippen MR) is 91.5 cm³/mol. The Morgan fingerprint density at radius 1 is 1.30 bits per heavy atom. The highest BCUT2D eigenvalue weighted by atomic mass is 35.5. The lowest BCUT2D eigenvalue weighted by molar-refractivity contribution is -0.120. The maximum Gasteiger partial charge on any atom is 0.254 e. The van der Waals surface area contributed by atoms with Gasteiger partial charge in [0, 0.05) is 28.9 Å². The van der Waals surface area contributed by atoms with E-state index in [1.807, 2.05) is 0 Å². The number of benzene rings is 1. The average Bonchev–Trinajstić information content (AvgIpc) is 2.50. The number of hydrogen-bond acceptors (Lipinski definition) is 3. The molecule has 0 bridgehead atoms. The predicted octanol–water partition coefficient (Wildman–Crippen LogP) is 2.80. The lowest BCUT2D eigenvalue weighted by Gasteiger charge is -2.07. The molecule has 2 N–H and O–H groups in total. The number of halogens is 1. The van der Waals surface area contributed by atoms with Crippen molar-refractivity contribution in [2.24, 2.45) is 5.92 Å². The summed E-state index contributed by atoms with van der Waals surface area (Å²) in [7, 11) is 0. The summed E-state index contributed by atoms with van der Waals surface area (Å²) < 4.78 is 0. The third kappa shape index (κ3) is 5.21. The molecular formula is C17H20ClN3O2. The fourth-order valence-electron chi connectivity index (χ4n) is 2.04. The van der Waals surface area contributed by atoms with Gasteiger partial charge in [-0.3, -0.25) is 9.59 Å². The molecule has 2 rings (SSSR count). The lowest BCUT2D eigenvalue weighted by Crippen LogP contribution is -2.29. The highest BCUT2D eigenvalue weighted by molar-refractivity contribution is 6.30. The summed E-state index contributed by atoms with van der Waals surface area (Å²) in [6.45, 7) is 4.80. The molecule has 122 valence electrons. The first-order chi connectivity index (χ1) is 11.0. The Hall–Kier alpha value is -2.14. The van der Waals surface area contributed by atoms with Gasteiger partial charge in [0.05, 0.1) is 6.42 Å². The summed E-state index contributed by atoms with van der Waals surface area (Å²) in [5.74, 6) is 0.812. The van der Waals surface area contributed by atoms with E-state index in [9.17, 15) is 9.59 Å². The molecule has 0 unspecified atom stereocenters. The van der Waals surface area contributed by atoms with Crippen LogP contribution in [-0.4, -0.2) is 22.4 Å². The fourth-order valence-corrected chi connectivity index (χ4v) is 2.16. The first-order valence-corrected chi connectivity index (χ1v) is 7.94. The van der Waals surface area contributed by atoms with Crippen molar-refractivity contribution in [3.8, 4) is 11.4 Å². The largest absolute Gasteiger partial charge is 0.356 e. The zero-order chi connectivity index (χ0) is 16.8. The molecule has 0 fully saturated rings. The molecule has 1 aromatic carbocycles. The van der Waals surface area contributed by atoms with E-state index in [-0.39, 0.29) is 17.9 Å². The second kappa shape index (κ2) is 7.92. The smallest absolute Gasteiger partial charge is 0.254 e. The second-order valence-corrected chi connectivity index (χ2v) is 6.24. The van der Waals surface area contributed by atoms with Crippen LogP contribution in [0.5, 0.6) is 0 Å². The molecule has 2 aromatic rings. The van der Waals surface area contributed by atoms with Crippen LogP contribution in [0.2, 0.25) is 5.02 Å². The van der Waals surface area contributed by atoms with Crippen molar-refractivity contribution in [2.75, 3.05) is 6.54 Å². The number of hydrogen-bond donors (Lipinski definition) is 2. The van der Waals surface area contributed by atoms with Crippen molar-refractivity contribution in [3.63, 3.8) is 0 Å². The Balaban J connectivity index is 2.03. The maximum atomic E-state index is 12.1. The second-order valence-electron chi connectivity index (χ2n) is 5.80. The molecule has 0 aliphatic carbocycles. The van der Waals surface area contributed by atoms with Crippen LogP contribution in [0.1, 0.15) is 25.8 Å². The number of nitrogens with one attached hydrogen (secondary N) is 2. The molecule has 1 heterocycles. The minimum absolute atomic E-state index is 0.0291. The fraction of sp³-hybridized carbons (Fsp3) is 0.353. The molecule has 1 amide bonds. The molecule has 6 heteroatoms. The van der Waals surface area contributed by atoms with Gasteiger partial charge in [0.1, 0.15) is 5.82 Å². The van der Waals surface area contributed by atoms with E-state index >= 15 is 0 Å². The zero-order valence-electron chi connectivity index (χ0n) is 13.2. The van der Waals surface area contributed by atoms with E-state index < -0.39 is 0 Å². The monoisotopic (exact) mass is 333 g/mol. The quantitative estimate of drug-likeness (QED) is 0.853. The van der Waals surface area contributed by atoms with Crippen molar-refractivity contribution in [2.45, 2.75) is 26.7 Å². The minimum atomic E-state index is -0.302. The van der Waals surface area contributed by atoms with Crippen molar-refractivity contribution < 1.29 is 4.79 Å². The number of nitrogens with zero attached hydrogens (tertiary/aromatic N) is 1. The van der Waals surface area contributed by atoms with Gasteiger partial charge in [-0.15, -0.1) is 0 Å². The summed E-state index contributed by atoms with van der Waals surface area (Å²) >= 11 is 5.84. The molecule has 0 saturated heterocycles. The first-order valence-electron chi connectivity index (χ1n) is 7.56. The van der Waals surface area contributed by atoms with Crippen LogP contribution < -0.4 is 10.9 Å². The van der Waals surface area contributed by atoms with Crippen molar-refractivity contribution in [3.05, 3.63) is 51.4 Å². The Kier molecular flexibility index (Phi) is 5.93. The lowest BCUT2D eigenvalue weighted by atomic mass is 10.1. The van der Waals surface area contributed by atoms with Crippen molar-refractivity contribution in [1.82, 2.24) is 15.3 Å². The number of aromatic nitrogens is 2. The first kappa shape index (κ1) is 17.2.